The molecule has 0 saturated heterocycles. The van der Waals surface area contributed by atoms with Crippen molar-refractivity contribution in [3.8, 4) is 5.69 Å². The van der Waals surface area contributed by atoms with E-state index >= 15 is 0 Å². The Morgan fingerprint density at radius 3 is 2.65 bits per heavy atom. The topological polar surface area (TPSA) is 82.0 Å². The summed E-state index contributed by atoms with van der Waals surface area (Å²) in [7, 11) is 1.71. The number of benzene rings is 2. The van der Waals surface area contributed by atoms with Crippen molar-refractivity contribution in [2.24, 2.45) is 7.05 Å². The number of rotatable bonds is 5. The zero-order valence-electron chi connectivity index (χ0n) is 17.1. The van der Waals surface area contributed by atoms with Crippen molar-refractivity contribution >= 4 is 34.0 Å². The van der Waals surface area contributed by atoms with Gasteiger partial charge in [-0.1, -0.05) is 42.8 Å². The van der Waals surface area contributed by atoms with Crippen molar-refractivity contribution in [3.05, 3.63) is 81.6 Å². The Kier molecular flexibility index (Phi) is 4.71. The third-order valence-corrected chi connectivity index (χ3v) is 5.73. The first-order valence-electron chi connectivity index (χ1n) is 9.97. The summed E-state index contributed by atoms with van der Waals surface area (Å²) in [5, 5.41) is 17.8. The Hall–Kier alpha value is -3.65. The molecule has 0 aliphatic rings. The van der Waals surface area contributed by atoms with E-state index in [9.17, 15) is 4.79 Å². The highest BCUT2D eigenvalue weighted by atomic mass is 35.5. The molecule has 3 heterocycles. The second-order valence-corrected chi connectivity index (χ2v) is 7.62. The molecule has 5 aromatic rings. The quantitative estimate of drug-likeness (QED) is 0.458. The van der Waals surface area contributed by atoms with Gasteiger partial charge in [0.15, 0.2) is 5.82 Å². The van der Waals surface area contributed by atoms with Gasteiger partial charge in [0.2, 0.25) is 5.78 Å². The van der Waals surface area contributed by atoms with Crippen LogP contribution in [0.1, 0.15) is 18.4 Å². The van der Waals surface area contributed by atoms with Crippen molar-refractivity contribution < 1.29 is 0 Å². The smallest absolute Gasteiger partial charge is 0.262 e. The molecule has 0 saturated carbocycles. The fourth-order valence-corrected chi connectivity index (χ4v) is 4.09. The normalized spacial score (nSPS) is 11.5. The molecule has 0 amide bonds. The van der Waals surface area contributed by atoms with Crippen LogP contribution in [0.5, 0.6) is 0 Å². The van der Waals surface area contributed by atoms with Gasteiger partial charge < -0.3 is 5.32 Å². The van der Waals surface area contributed by atoms with E-state index in [0.29, 0.717) is 28.6 Å². The molecule has 0 spiro atoms. The molecule has 0 unspecified atom stereocenters. The van der Waals surface area contributed by atoms with E-state index in [1.54, 1.807) is 13.2 Å². The highest BCUT2D eigenvalue weighted by molar-refractivity contribution is 6.32. The van der Waals surface area contributed by atoms with Crippen molar-refractivity contribution in [2.75, 3.05) is 5.32 Å². The number of halogens is 1. The van der Waals surface area contributed by atoms with Gasteiger partial charge in [0.25, 0.3) is 5.56 Å². The lowest BCUT2D eigenvalue weighted by molar-refractivity contribution is 0.813. The van der Waals surface area contributed by atoms with Crippen LogP contribution in [0.3, 0.4) is 0 Å². The molecule has 9 heteroatoms. The first-order valence-corrected chi connectivity index (χ1v) is 10.4. The van der Waals surface area contributed by atoms with Gasteiger partial charge in [-0.25, -0.2) is 4.68 Å². The SMILES string of the molecule is CCc1c(NCc2nnc3n(C)c(=O)c4ccccc4n23)cnn1-c1ccccc1Cl. The minimum absolute atomic E-state index is 0.0932. The third-order valence-electron chi connectivity index (χ3n) is 5.41. The van der Waals surface area contributed by atoms with E-state index in [-0.39, 0.29) is 5.56 Å². The van der Waals surface area contributed by atoms with Crippen molar-refractivity contribution in [2.45, 2.75) is 19.9 Å². The number of hydrogen-bond acceptors (Lipinski definition) is 5. The number of anilines is 1. The van der Waals surface area contributed by atoms with Gasteiger partial charge in [0.05, 0.1) is 45.7 Å². The lowest BCUT2D eigenvalue weighted by Gasteiger charge is -2.11. The van der Waals surface area contributed by atoms with Gasteiger partial charge in [-0.15, -0.1) is 10.2 Å². The number of para-hydroxylation sites is 2. The molecular formula is C22H20ClN7O. The molecule has 8 nitrogen and oxygen atoms in total. The molecule has 2 aromatic carbocycles. The summed E-state index contributed by atoms with van der Waals surface area (Å²) in [4.78, 5) is 12.6. The number of aromatic nitrogens is 6. The maximum absolute atomic E-state index is 12.6. The standard InChI is InChI=1S/C22H20ClN7O/c1-3-17-16(12-25-30(17)19-11-7-5-9-15(19)23)24-13-20-26-27-22-28(2)21(31)14-8-4-6-10-18(14)29(20)22/h4-12,24H,3,13H2,1-2H3. The van der Waals surface area contributed by atoms with Gasteiger partial charge in [0, 0.05) is 7.05 Å². The fourth-order valence-electron chi connectivity index (χ4n) is 3.87. The molecule has 31 heavy (non-hydrogen) atoms. The summed E-state index contributed by atoms with van der Waals surface area (Å²) in [6.07, 6.45) is 2.56. The monoisotopic (exact) mass is 433 g/mol. The number of aryl methyl sites for hydroxylation is 1. The van der Waals surface area contributed by atoms with Crippen LogP contribution < -0.4 is 10.9 Å². The molecular weight excluding hydrogens is 414 g/mol. The van der Waals surface area contributed by atoms with Crippen LogP contribution in [0, 0.1) is 0 Å². The van der Waals surface area contributed by atoms with Crippen LogP contribution >= 0.6 is 11.6 Å². The molecule has 1 N–H and O–H groups in total. The number of nitrogens with one attached hydrogen (secondary N) is 1. The van der Waals surface area contributed by atoms with Crippen LogP contribution in [-0.4, -0.2) is 28.9 Å². The third kappa shape index (κ3) is 3.07. The molecule has 5 rings (SSSR count). The Morgan fingerprint density at radius 2 is 1.84 bits per heavy atom. The van der Waals surface area contributed by atoms with Crippen molar-refractivity contribution in [3.63, 3.8) is 0 Å². The highest BCUT2D eigenvalue weighted by Gasteiger charge is 2.16. The highest BCUT2D eigenvalue weighted by Crippen LogP contribution is 2.25. The predicted octanol–water partition coefficient (Wildman–Crippen LogP) is 3.59. The van der Waals surface area contributed by atoms with Crippen molar-refractivity contribution in [1.82, 2.24) is 28.9 Å². The minimum atomic E-state index is -0.0932. The number of nitrogens with zero attached hydrogens (tertiary/aromatic N) is 6. The molecule has 3 aromatic heterocycles. The van der Waals surface area contributed by atoms with E-state index in [1.165, 1.54) is 4.57 Å². The Morgan fingerprint density at radius 1 is 1.06 bits per heavy atom. The second-order valence-electron chi connectivity index (χ2n) is 7.21. The minimum Gasteiger partial charge on any atom is -0.375 e. The molecule has 0 fully saturated rings. The maximum Gasteiger partial charge on any atom is 0.262 e. The summed E-state index contributed by atoms with van der Waals surface area (Å²) >= 11 is 6.37. The van der Waals surface area contributed by atoms with E-state index in [2.05, 4.69) is 27.5 Å². The van der Waals surface area contributed by atoms with Crippen LogP contribution in [0.2, 0.25) is 5.02 Å². The number of fused-ring (bicyclic) bond motifs is 3. The van der Waals surface area contributed by atoms with Gasteiger partial charge in [0.1, 0.15) is 0 Å². The number of hydrogen-bond donors (Lipinski definition) is 1. The lowest BCUT2D eigenvalue weighted by Crippen LogP contribution is -2.20. The first kappa shape index (κ1) is 19.3. The zero-order valence-corrected chi connectivity index (χ0v) is 17.8. The Labute approximate surface area is 182 Å². The maximum atomic E-state index is 12.6. The van der Waals surface area contributed by atoms with Gasteiger partial charge in [-0.2, -0.15) is 5.10 Å². The van der Waals surface area contributed by atoms with E-state index in [0.717, 1.165) is 29.0 Å². The average Bonchev–Trinajstić information content (AvgIpc) is 3.40. The van der Waals surface area contributed by atoms with E-state index < -0.39 is 0 Å². The largest absolute Gasteiger partial charge is 0.375 e. The Bertz CT molecular complexity index is 1480. The summed E-state index contributed by atoms with van der Waals surface area (Å²) in [6.45, 7) is 2.50. The zero-order chi connectivity index (χ0) is 21.5. The summed E-state index contributed by atoms with van der Waals surface area (Å²) < 4.78 is 5.28. The Balaban J connectivity index is 1.54. The fraction of sp³-hybridized carbons (Fsp3) is 0.182. The summed E-state index contributed by atoms with van der Waals surface area (Å²) in [5.74, 6) is 1.21. The van der Waals surface area contributed by atoms with Gasteiger partial charge >= 0.3 is 0 Å². The average molecular weight is 434 g/mol. The second kappa shape index (κ2) is 7.55. The summed E-state index contributed by atoms with van der Waals surface area (Å²) in [6, 6.07) is 15.1. The molecule has 0 atom stereocenters. The lowest BCUT2D eigenvalue weighted by atomic mass is 10.2. The van der Waals surface area contributed by atoms with Crippen LogP contribution in [0.25, 0.3) is 22.4 Å². The van der Waals surface area contributed by atoms with Crippen molar-refractivity contribution in [1.29, 1.82) is 0 Å². The van der Waals surface area contributed by atoms with Crippen LogP contribution in [-0.2, 0) is 20.0 Å². The molecule has 156 valence electrons. The van der Waals surface area contributed by atoms with Crippen LogP contribution in [0.4, 0.5) is 5.69 Å². The van der Waals surface area contributed by atoms with Gasteiger partial charge in [-0.05, 0) is 30.7 Å². The predicted molar refractivity (Wildman–Crippen MR) is 121 cm³/mol. The molecule has 0 bridgehead atoms. The van der Waals surface area contributed by atoms with Gasteiger partial charge in [-0.3, -0.25) is 13.8 Å². The molecule has 0 aliphatic carbocycles. The molecule has 0 radical (unpaired) electrons. The summed E-state index contributed by atoms with van der Waals surface area (Å²) in [5.41, 5.74) is 3.43. The molecule has 0 aliphatic heterocycles. The van der Waals surface area contributed by atoms with E-state index in [4.69, 9.17) is 11.6 Å². The van der Waals surface area contributed by atoms with Crippen LogP contribution in [0.15, 0.2) is 59.5 Å². The first-order chi connectivity index (χ1) is 15.1. The van der Waals surface area contributed by atoms with E-state index in [1.807, 2.05) is 57.6 Å².